The molecule has 1 aromatic heterocycles. The van der Waals surface area contributed by atoms with Crippen LogP contribution in [0.2, 0.25) is 0 Å². The first-order chi connectivity index (χ1) is 12.1. The lowest BCUT2D eigenvalue weighted by molar-refractivity contribution is -0.119. The minimum atomic E-state index is -0.308. The number of carbonyl (C=O) groups excluding carboxylic acids is 2. The highest BCUT2D eigenvalue weighted by Gasteiger charge is 2.23. The molecule has 3 N–H and O–H groups in total. The number of ether oxygens (including phenoxy) is 1. The smallest absolute Gasteiger partial charge is 0.275 e. The second kappa shape index (κ2) is 7.62. The summed E-state index contributed by atoms with van der Waals surface area (Å²) in [7, 11) is 1.56. The van der Waals surface area contributed by atoms with E-state index in [-0.39, 0.29) is 11.8 Å². The van der Waals surface area contributed by atoms with Gasteiger partial charge in [-0.3, -0.25) is 9.59 Å². The Morgan fingerprint density at radius 3 is 2.96 bits per heavy atom. The first-order valence-electron chi connectivity index (χ1n) is 8.06. The van der Waals surface area contributed by atoms with Crippen molar-refractivity contribution < 1.29 is 14.3 Å². The minimum Gasteiger partial charge on any atom is -0.495 e. The topological polar surface area (TPSA) is 97.5 Å². The number of benzene rings is 1. The van der Waals surface area contributed by atoms with Crippen LogP contribution >= 0.6 is 11.3 Å². The predicted molar refractivity (Wildman–Crippen MR) is 97.2 cm³/mol. The summed E-state index contributed by atoms with van der Waals surface area (Å²) in [6.07, 6.45) is 2.38. The molecule has 1 aliphatic rings. The van der Waals surface area contributed by atoms with Crippen molar-refractivity contribution >= 4 is 34.5 Å². The fourth-order valence-electron chi connectivity index (χ4n) is 2.74. The van der Waals surface area contributed by atoms with E-state index in [2.05, 4.69) is 10.3 Å². The van der Waals surface area contributed by atoms with Gasteiger partial charge in [-0.05, 0) is 31.0 Å². The van der Waals surface area contributed by atoms with E-state index < -0.39 is 0 Å². The van der Waals surface area contributed by atoms with Crippen LogP contribution in [-0.4, -0.2) is 30.5 Å². The number of rotatable bonds is 5. The Morgan fingerprint density at radius 2 is 2.28 bits per heavy atom. The SMILES string of the molecule is COc1ccc(NC(=O)c2csc(CN)n2)cc1N1CCCCC1=O. The summed E-state index contributed by atoms with van der Waals surface area (Å²) in [5, 5.41) is 5.20. The standard InChI is InChI=1S/C17H20N4O3S/c1-24-14-6-5-11(8-13(14)21-7-3-2-4-16(21)22)19-17(23)12-10-25-15(9-18)20-12/h5-6,8,10H,2-4,7,9,18H2,1H3,(H,19,23). The fourth-order valence-corrected chi connectivity index (χ4v) is 3.40. The van der Waals surface area contributed by atoms with Crippen LogP contribution in [0.25, 0.3) is 0 Å². The van der Waals surface area contributed by atoms with Crippen molar-refractivity contribution in [1.82, 2.24) is 4.98 Å². The zero-order valence-corrected chi connectivity index (χ0v) is 14.8. The van der Waals surface area contributed by atoms with Gasteiger partial charge in [-0.1, -0.05) is 0 Å². The van der Waals surface area contributed by atoms with E-state index in [1.807, 2.05) is 0 Å². The lowest BCUT2D eigenvalue weighted by atomic mass is 10.1. The Bertz CT molecular complexity index is 790. The van der Waals surface area contributed by atoms with E-state index in [0.717, 1.165) is 12.8 Å². The van der Waals surface area contributed by atoms with Crippen molar-refractivity contribution in [3.05, 3.63) is 34.3 Å². The maximum atomic E-state index is 12.3. The van der Waals surface area contributed by atoms with E-state index in [9.17, 15) is 9.59 Å². The zero-order chi connectivity index (χ0) is 17.8. The first-order valence-corrected chi connectivity index (χ1v) is 8.94. The summed E-state index contributed by atoms with van der Waals surface area (Å²) in [5.41, 5.74) is 7.12. The summed E-state index contributed by atoms with van der Waals surface area (Å²) in [6, 6.07) is 5.25. The molecule has 7 nitrogen and oxygen atoms in total. The number of hydrogen-bond donors (Lipinski definition) is 2. The molecule has 25 heavy (non-hydrogen) atoms. The van der Waals surface area contributed by atoms with Gasteiger partial charge in [0.05, 0.1) is 12.8 Å². The third-order valence-corrected chi connectivity index (χ3v) is 4.88. The number of nitrogens with zero attached hydrogens (tertiary/aromatic N) is 2. The Hall–Kier alpha value is -2.45. The van der Waals surface area contributed by atoms with Gasteiger partial charge in [0, 0.05) is 30.6 Å². The Kier molecular flexibility index (Phi) is 5.30. The molecule has 0 unspecified atom stereocenters. The number of piperidine rings is 1. The number of nitrogens with one attached hydrogen (secondary N) is 1. The van der Waals surface area contributed by atoms with Crippen molar-refractivity contribution in [3.8, 4) is 5.75 Å². The molecular formula is C17H20N4O3S. The molecule has 2 amide bonds. The lowest BCUT2D eigenvalue weighted by Crippen LogP contribution is -2.35. The average Bonchev–Trinajstić information content (AvgIpc) is 3.11. The van der Waals surface area contributed by atoms with Crippen LogP contribution in [0.5, 0.6) is 5.75 Å². The van der Waals surface area contributed by atoms with Gasteiger partial charge in [-0.15, -0.1) is 11.3 Å². The third kappa shape index (κ3) is 3.80. The number of amides is 2. The Morgan fingerprint density at radius 1 is 1.44 bits per heavy atom. The maximum absolute atomic E-state index is 12.3. The van der Waals surface area contributed by atoms with Gasteiger partial charge in [-0.2, -0.15) is 0 Å². The maximum Gasteiger partial charge on any atom is 0.275 e. The quantitative estimate of drug-likeness (QED) is 0.853. The second-order valence-corrected chi connectivity index (χ2v) is 6.62. The molecule has 1 aliphatic heterocycles. The number of anilines is 2. The van der Waals surface area contributed by atoms with Crippen LogP contribution in [0.15, 0.2) is 23.6 Å². The highest BCUT2D eigenvalue weighted by atomic mass is 32.1. The predicted octanol–water partition coefficient (Wildman–Crippen LogP) is 2.38. The molecule has 0 saturated carbocycles. The fraction of sp³-hybridized carbons (Fsp3) is 0.353. The van der Waals surface area contributed by atoms with E-state index >= 15 is 0 Å². The van der Waals surface area contributed by atoms with E-state index in [4.69, 9.17) is 10.5 Å². The van der Waals surface area contributed by atoms with Gasteiger partial charge in [0.2, 0.25) is 5.91 Å². The average molecular weight is 360 g/mol. The van der Waals surface area contributed by atoms with Gasteiger partial charge >= 0.3 is 0 Å². The monoisotopic (exact) mass is 360 g/mol. The molecule has 1 saturated heterocycles. The van der Waals surface area contributed by atoms with E-state index in [1.165, 1.54) is 11.3 Å². The molecule has 1 aromatic carbocycles. The van der Waals surface area contributed by atoms with Crippen LogP contribution in [0.3, 0.4) is 0 Å². The molecule has 0 radical (unpaired) electrons. The number of thiazole rings is 1. The molecule has 0 bridgehead atoms. The summed E-state index contributed by atoms with van der Waals surface area (Å²) in [4.78, 5) is 30.4. The molecule has 0 spiro atoms. The number of methoxy groups -OCH3 is 1. The highest BCUT2D eigenvalue weighted by Crippen LogP contribution is 2.33. The number of aromatic nitrogens is 1. The third-order valence-electron chi connectivity index (χ3n) is 4.01. The summed E-state index contributed by atoms with van der Waals surface area (Å²) < 4.78 is 5.38. The van der Waals surface area contributed by atoms with Gasteiger partial charge in [-0.25, -0.2) is 4.98 Å². The van der Waals surface area contributed by atoms with E-state index in [1.54, 1.807) is 35.6 Å². The number of carbonyl (C=O) groups is 2. The normalized spacial score (nSPS) is 14.5. The highest BCUT2D eigenvalue weighted by molar-refractivity contribution is 7.09. The summed E-state index contributed by atoms with van der Waals surface area (Å²) >= 11 is 1.35. The summed E-state index contributed by atoms with van der Waals surface area (Å²) in [6.45, 7) is 0.959. The van der Waals surface area contributed by atoms with Crippen LogP contribution in [0.4, 0.5) is 11.4 Å². The molecule has 1 fully saturated rings. The molecule has 0 atom stereocenters. The van der Waals surface area contributed by atoms with Crippen LogP contribution in [0, 0.1) is 0 Å². The van der Waals surface area contributed by atoms with E-state index in [0.29, 0.717) is 47.3 Å². The van der Waals surface area contributed by atoms with Crippen LogP contribution in [-0.2, 0) is 11.3 Å². The number of hydrogen-bond acceptors (Lipinski definition) is 6. The van der Waals surface area contributed by atoms with Gasteiger partial charge < -0.3 is 20.7 Å². The Labute approximate surface area is 149 Å². The molecule has 2 aromatic rings. The summed E-state index contributed by atoms with van der Waals surface area (Å²) in [5.74, 6) is 0.365. The lowest BCUT2D eigenvalue weighted by Gasteiger charge is -2.28. The van der Waals surface area contributed by atoms with Crippen molar-refractivity contribution in [1.29, 1.82) is 0 Å². The molecule has 8 heteroatoms. The molecular weight excluding hydrogens is 340 g/mol. The van der Waals surface area contributed by atoms with Gasteiger partial charge in [0.1, 0.15) is 16.5 Å². The second-order valence-electron chi connectivity index (χ2n) is 5.67. The van der Waals surface area contributed by atoms with Crippen molar-refractivity contribution in [3.63, 3.8) is 0 Å². The van der Waals surface area contributed by atoms with Crippen molar-refractivity contribution in [2.75, 3.05) is 23.9 Å². The molecule has 0 aliphatic carbocycles. The largest absolute Gasteiger partial charge is 0.495 e. The van der Waals surface area contributed by atoms with Crippen molar-refractivity contribution in [2.24, 2.45) is 5.73 Å². The zero-order valence-electron chi connectivity index (χ0n) is 13.9. The van der Waals surface area contributed by atoms with Gasteiger partial charge in [0.25, 0.3) is 5.91 Å². The first kappa shape index (κ1) is 17.4. The van der Waals surface area contributed by atoms with Crippen LogP contribution < -0.4 is 20.7 Å². The molecule has 132 valence electrons. The number of nitrogens with two attached hydrogens (primary N) is 1. The Balaban J connectivity index is 1.83. The van der Waals surface area contributed by atoms with Crippen molar-refractivity contribution in [2.45, 2.75) is 25.8 Å². The van der Waals surface area contributed by atoms with Crippen LogP contribution in [0.1, 0.15) is 34.8 Å². The molecule has 3 rings (SSSR count). The minimum absolute atomic E-state index is 0.0696. The van der Waals surface area contributed by atoms with Gasteiger partial charge in [0.15, 0.2) is 0 Å². The molecule has 2 heterocycles.